The van der Waals surface area contributed by atoms with Crippen molar-refractivity contribution in [3.05, 3.63) is 47.7 Å². The van der Waals surface area contributed by atoms with Crippen LogP contribution in [0.5, 0.6) is 0 Å². The lowest BCUT2D eigenvalue weighted by atomic mass is 9.91. The molecule has 7 nitrogen and oxygen atoms in total. The van der Waals surface area contributed by atoms with Crippen molar-refractivity contribution in [3.8, 4) is 0 Å². The fourth-order valence-corrected chi connectivity index (χ4v) is 2.45. The number of amides is 1. The summed E-state index contributed by atoms with van der Waals surface area (Å²) in [5.74, 6) is -1.10. The molecule has 1 atom stereocenters. The summed E-state index contributed by atoms with van der Waals surface area (Å²) in [5, 5.41) is 5.70. The number of rotatable bonds is 7. The maximum Gasteiger partial charge on any atom is 0.305 e. The van der Waals surface area contributed by atoms with Gasteiger partial charge in [-0.3, -0.25) is 14.4 Å². The lowest BCUT2D eigenvalue weighted by molar-refractivity contribution is -0.140. The van der Waals surface area contributed by atoms with Crippen molar-refractivity contribution in [1.82, 2.24) is 5.32 Å². The summed E-state index contributed by atoms with van der Waals surface area (Å²) in [5.41, 5.74) is 7.96. The number of hydrogen-bond acceptors (Lipinski definition) is 6. The van der Waals surface area contributed by atoms with E-state index in [1.54, 1.807) is 30.4 Å². The number of esters is 1. The van der Waals surface area contributed by atoms with Crippen LogP contribution >= 0.6 is 0 Å². The highest BCUT2D eigenvalue weighted by Crippen LogP contribution is 2.18. The SMILES string of the molecule is Bc1ccc(NC(=O)[C@@H](N)CCC(=O)OC)c(C(=O)C2=CC=CCN2)c1. The summed E-state index contributed by atoms with van der Waals surface area (Å²) in [6, 6.07) is 4.31. The molecule has 0 unspecified atom stereocenters. The van der Waals surface area contributed by atoms with E-state index in [2.05, 4.69) is 15.4 Å². The lowest BCUT2D eigenvalue weighted by Gasteiger charge is -2.17. The number of carbonyl (C=O) groups is 3. The Kier molecular flexibility index (Phi) is 6.74. The van der Waals surface area contributed by atoms with Crippen LogP contribution in [0.2, 0.25) is 0 Å². The second-order valence-corrected chi connectivity index (χ2v) is 5.98. The normalized spacial score (nSPS) is 14.0. The molecule has 1 aliphatic heterocycles. The number of Topliss-reactive ketones (excluding diaryl/α,β-unsaturated/α-hetero) is 1. The molecule has 2 rings (SSSR count). The van der Waals surface area contributed by atoms with Crippen LogP contribution < -0.4 is 21.8 Å². The van der Waals surface area contributed by atoms with Gasteiger partial charge in [-0.2, -0.15) is 0 Å². The van der Waals surface area contributed by atoms with E-state index >= 15 is 0 Å². The smallest absolute Gasteiger partial charge is 0.305 e. The number of hydrogen-bond donors (Lipinski definition) is 3. The van der Waals surface area contributed by atoms with Crippen LogP contribution in [0.25, 0.3) is 0 Å². The maximum absolute atomic E-state index is 12.8. The van der Waals surface area contributed by atoms with Gasteiger partial charge < -0.3 is 21.1 Å². The highest BCUT2D eigenvalue weighted by atomic mass is 16.5. The van der Waals surface area contributed by atoms with E-state index in [0.29, 0.717) is 23.5 Å². The highest BCUT2D eigenvalue weighted by molar-refractivity contribution is 6.33. The molecule has 0 aliphatic carbocycles. The third-order valence-corrected chi connectivity index (χ3v) is 3.96. The van der Waals surface area contributed by atoms with Gasteiger partial charge in [0.2, 0.25) is 11.7 Å². The molecule has 1 aromatic carbocycles. The van der Waals surface area contributed by atoms with Crippen molar-refractivity contribution in [2.24, 2.45) is 5.73 Å². The number of methoxy groups -OCH3 is 1. The number of dihydropyridines is 1. The Labute approximate surface area is 153 Å². The standard InChI is InChI=1S/C18H22BN3O4/c1-26-16(23)8-6-13(20)18(25)22-14-7-5-11(19)10-12(14)17(24)15-4-2-3-9-21-15/h2-5,7,10,13,21H,6,8-9,19-20H2,1H3,(H,22,25)/t13-/m0/s1. The molecule has 4 N–H and O–H groups in total. The van der Waals surface area contributed by atoms with Crippen LogP contribution in [0, 0.1) is 0 Å². The van der Waals surface area contributed by atoms with Gasteiger partial charge in [-0.05, 0) is 18.6 Å². The van der Waals surface area contributed by atoms with Crippen molar-refractivity contribution in [2.45, 2.75) is 18.9 Å². The molecule has 1 aromatic rings. The van der Waals surface area contributed by atoms with E-state index in [1.807, 2.05) is 13.9 Å². The minimum Gasteiger partial charge on any atom is -0.469 e. The third-order valence-electron chi connectivity index (χ3n) is 3.96. The molecule has 0 aromatic heterocycles. The molecule has 8 heteroatoms. The molecule has 0 spiro atoms. The fourth-order valence-electron chi connectivity index (χ4n) is 2.45. The van der Waals surface area contributed by atoms with Gasteiger partial charge >= 0.3 is 5.97 Å². The summed E-state index contributed by atoms with van der Waals surface area (Å²) in [6.45, 7) is 0.573. The van der Waals surface area contributed by atoms with Crippen LogP contribution in [0.15, 0.2) is 42.1 Å². The predicted octanol–water partition coefficient (Wildman–Crippen LogP) is -0.610. The molecule has 0 fully saturated rings. The molecule has 0 bridgehead atoms. The van der Waals surface area contributed by atoms with Gasteiger partial charge in [-0.15, -0.1) is 0 Å². The zero-order valence-corrected chi connectivity index (χ0v) is 14.9. The molecule has 0 saturated heterocycles. The number of benzene rings is 1. The second kappa shape index (κ2) is 9.01. The Bertz CT molecular complexity index is 774. The first-order chi connectivity index (χ1) is 12.4. The number of nitrogens with one attached hydrogen (secondary N) is 2. The van der Waals surface area contributed by atoms with Crippen molar-refractivity contribution in [1.29, 1.82) is 0 Å². The zero-order chi connectivity index (χ0) is 19.1. The van der Waals surface area contributed by atoms with Crippen LogP contribution in [-0.4, -0.2) is 45.2 Å². The summed E-state index contributed by atoms with van der Waals surface area (Å²) < 4.78 is 4.54. The van der Waals surface area contributed by atoms with Crippen LogP contribution in [0.4, 0.5) is 5.69 Å². The second-order valence-electron chi connectivity index (χ2n) is 5.98. The van der Waals surface area contributed by atoms with Gasteiger partial charge in [0.05, 0.1) is 24.5 Å². The number of nitrogens with two attached hydrogens (primary N) is 1. The Balaban J connectivity index is 2.15. The number of carbonyl (C=O) groups excluding carboxylic acids is 3. The Morgan fingerprint density at radius 3 is 2.81 bits per heavy atom. The van der Waals surface area contributed by atoms with E-state index in [4.69, 9.17) is 5.73 Å². The molecule has 1 amide bonds. The minimum absolute atomic E-state index is 0.0495. The highest BCUT2D eigenvalue weighted by Gasteiger charge is 2.21. The first kappa shape index (κ1) is 19.5. The van der Waals surface area contributed by atoms with E-state index in [0.717, 1.165) is 5.46 Å². The van der Waals surface area contributed by atoms with E-state index in [1.165, 1.54) is 7.11 Å². The number of anilines is 1. The average molecular weight is 355 g/mol. The summed E-state index contributed by atoms with van der Waals surface area (Å²) >= 11 is 0. The number of ether oxygens (including phenoxy) is 1. The van der Waals surface area contributed by atoms with Gasteiger partial charge in [0.25, 0.3) is 0 Å². The van der Waals surface area contributed by atoms with Crippen molar-refractivity contribution >= 4 is 36.7 Å². The van der Waals surface area contributed by atoms with E-state index < -0.39 is 17.9 Å². The minimum atomic E-state index is -0.881. The summed E-state index contributed by atoms with van der Waals surface area (Å²) in [6.07, 6.45) is 5.61. The molecule has 26 heavy (non-hydrogen) atoms. The largest absolute Gasteiger partial charge is 0.469 e. The maximum atomic E-state index is 12.8. The summed E-state index contributed by atoms with van der Waals surface area (Å²) in [7, 11) is 3.15. The topological polar surface area (TPSA) is 111 Å². The molecular weight excluding hydrogens is 333 g/mol. The van der Waals surface area contributed by atoms with Gasteiger partial charge in [-0.25, -0.2) is 0 Å². The predicted molar refractivity (Wildman–Crippen MR) is 102 cm³/mol. The monoisotopic (exact) mass is 355 g/mol. The van der Waals surface area contributed by atoms with Crippen LogP contribution in [-0.2, 0) is 14.3 Å². The Hall–Kier alpha value is -2.87. The fraction of sp³-hybridized carbons (Fsp3) is 0.278. The molecule has 0 radical (unpaired) electrons. The van der Waals surface area contributed by atoms with E-state index in [9.17, 15) is 14.4 Å². The van der Waals surface area contributed by atoms with Crippen molar-refractivity contribution in [2.75, 3.05) is 19.0 Å². The molecule has 1 heterocycles. The zero-order valence-electron chi connectivity index (χ0n) is 14.9. The molecule has 136 valence electrons. The molecule has 1 aliphatic rings. The quantitative estimate of drug-likeness (QED) is 0.342. The van der Waals surface area contributed by atoms with Crippen LogP contribution in [0.1, 0.15) is 23.2 Å². The molecular formula is C18H22BN3O4. The van der Waals surface area contributed by atoms with Crippen LogP contribution in [0.3, 0.4) is 0 Å². The third kappa shape index (κ3) is 5.06. The van der Waals surface area contributed by atoms with Crippen molar-refractivity contribution < 1.29 is 19.1 Å². The average Bonchev–Trinajstić information content (AvgIpc) is 2.67. The van der Waals surface area contributed by atoms with Crippen molar-refractivity contribution in [3.63, 3.8) is 0 Å². The number of allylic oxidation sites excluding steroid dienone is 3. The Morgan fingerprint density at radius 1 is 1.38 bits per heavy atom. The van der Waals surface area contributed by atoms with Gasteiger partial charge in [-0.1, -0.05) is 29.7 Å². The molecule has 0 saturated carbocycles. The van der Waals surface area contributed by atoms with Gasteiger partial charge in [0.1, 0.15) is 7.85 Å². The summed E-state index contributed by atoms with van der Waals surface area (Å²) in [4.78, 5) is 36.3. The Morgan fingerprint density at radius 2 is 2.15 bits per heavy atom. The van der Waals surface area contributed by atoms with Gasteiger partial charge in [0, 0.05) is 18.5 Å². The first-order valence-electron chi connectivity index (χ1n) is 8.31. The number of ketones is 1. The first-order valence-corrected chi connectivity index (χ1v) is 8.31. The van der Waals surface area contributed by atoms with E-state index in [-0.39, 0.29) is 18.6 Å². The lowest BCUT2D eigenvalue weighted by Crippen LogP contribution is -2.36. The van der Waals surface area contributed by atoms with Gasteiger partial charge in [0.15, 0.2) is 0 Å².